The van der Waals surface area contributed by atoms with Gasteiger partial charge in [0.15, 0.2) is 0 Å². The van der Waals surface area contributed by atoms with E-state index in [0.717, 1.165) is 4.47 Å². The van der Waals surface area contributed by atoms with Crippen molar-refractivity contribution in [1.29, 1.82) is 5.26 Å². The molecule has 11 heteroatoms. The maximum absolute atomic E-state index is 12.0. The van der Waals surface area contributed by atoms with Crippen molar-refractivity contribution in [2.75, 3.05) is 14.2 Å². The quantitative estimate of drug-likeness (QED) is 0.589. The van der Waals surface area contributed by atoms with Crippen molar-refractivity contribution in [3.63, 3.8) is 0 Å². The molecule has 2 aromatic heterocycles. The minimum Gasteiger partial charge on any atom is -0.481 e. The molecule has 0 saturated carbocycles. The molecule has 9 nitrogen and oxygen atoms in total. The van der Waals surface area contributed by atoms with E-state index in [1.54, 1.807) is 18.2 Å². The first-order valence-corrected chi connectivity index (χ1v) is 10.3. The molecule has 0 aliphatic carbocycles. The number of nitrogens with two attached hydrogens (primary N) is 1. The summed E-state index contributed by atoms with van der Waals surface area (Å²) in [4.78, 5) is 8.72. The third kappa shape index (κ3) is 3.66. The summed E-state index contributed by atoms with van der Waals surface area (Å²) in [6.07, 6.45) is 1.95. The minimum absolute atomic E-state index is 0.0508. The fourth-order valence-corrected chi connectivity index (χ4v) is 3.91. The van der Waals surface area contributed by atoms with Crippen LogP contribution in [0.5, 0.6) is 11.8 Å². The third-order valence-corrected chi connectivity index (χ3v) is 5.48. The van der Waals surface area contributed by atoms with Crippen molar-refractivity contribution < 1.29 is 17.9 Å². The van der Waals surface area contributed by atoms with Crippen molar-refractivity contribution >= 4 is 36.9 Å². The molecule has 0 fully saturated rings. The second-order valence-electron chi connectivity index (χ2n) is 5.75. The Bertz CT molecular complexity index is 1180. The number of rotatable bonds is 6. The summed E-state index contributed by atoms with van der Waals surface area (Å²) < 4.78 is 37.0. The molecular formula is C17H16BrN5O4S. The summed E-state index contributed by atoms with van der Waals surface area (Å²) in [5.41, 5.74) is 1.09. The summed E-state index contributed by atoms with van der Waals surface area (Å²) in [7, 11) is -1.08. The molecule has 28 heavy (non-hydrogen) atoms. The van der Waals surface area contributed by atoms with Crippen LogP contribution in [-0.2, 0) is 16.4 Å². The normalized spacial score (nSPS) is 11.4. The number of nitriles is 1. The first-order valence-electron chi connectivity index (χ1n) is 7.99. The highest BCUT2D eigenvalue weighted by Gasteiger charge is 2.22. The lowest BCUT2D eigenvalue weighted by molar-refractivity contribution is 0.361. The monoisotopic (exact) mass is 465 g/mol. The zero-order valence-corrected chi connectivity index (χ0v) is 17.4. The van der Waals surface area contributed by atoms with Gasteiger partial charge in [-0.05, 0) is 18.6 Å². The van der Waals surface area contributed by atoms with E-state index in [9.17, 15) is 8.42 Å². The average Bonchev–Trinajstić information content (AvgIpc) is 3.04. The van der Waals surface area contributed by atoms with Gasteiger partial charge in [0.25, 0.3) is 0 Å². The zero-order chi connectivity index (χ0) is 20.5. The first kappa shape index (κ1) is 20.1. The maximum atomic E-state index is 12.0. The van der Waals surface area contributed by atoms with Crippen LogP contribution in [0.4, 0.5) is 0 Å². The number of hydrogen-bond acceptors (Lipinski definition) is 7. The van der Waals surface area contributed by atoms with Gasteiger partial charge in [-0.15, -0.1) is 0 Å². The van der Waals surface area contributed by atoms with Gasteiger partial charge in [0, 0.05) is 22.5 Å². The molecule has 0 radical (unpaired) electrons. The predicted octanol–water partition coefficient (Wildman–Crippen LogP) is 2.30. The number of sulfonamides is 1. The van der Waals surface area contributed by atoms with Gasteiger partial charge in [-0.3, -0.25) is 4.57 Å². The molecule has 0 atom stereocenters. The van der Waals surface area contributed by atoms with E-state index >= 15 is 0 Å². The Morgan fingerprint density at radius 1 is 1.25 bits per heavy atom. The number of benzene rings is 1. The SMILES string of the molecule is COc1nc(-n2cc(S(N)(=O)=O)c3ccc(Br)cc32)nc(OC)c1CCC#N. The van der Waals surface area contributed by atoms with Gasteiger partial charge in [-0.1, -0.05) is 22.0 Å². The van der Waals surface area contributed by atoms with E-state index < -0.39 is 10.0 Å². The lowest BCUT2D eigenvalue weighted by Crippen LogP contribution is -2.12. The molecule has 0 aliphatic rings. The van der Waals surface area contributed by atoms with Gasteiger partial charge in [-0.25, -0.2) is 13.6 Å². The van der Waals surface area contributed by atoms with Crippen LogP contribution in [0, 0.1) is 11.3 Å². The molecule has 3 rings (SSSR count). The van der Waals surface area contributed by atoms with Crippen LogP contribution in [0.15, 0.2) is 33.8 Å². The molecule has 1 aromatic carbocycles. The largest absolute Gasteiger partial charge is 0.481 e. The standard InChI is InChI=1S/C17H16BrN5O4S/c1-26-15-12(4-3-7-19)16(27-2)22-17(21-15)23-9-14(28(20,24)25)11-6-5-10(18)8-13(11)23/h5-6,8-9H,3-4H2,1-2H3,(H2,20,24,25). The van der Waals surface area contributed by atoms with Crippen LogP contribution < -0.4 is 14.6 Å². The summed E-state index contributed by atoms with van der Waals surface area (Å²) >= 11 is 3.38. The number of primary sulfonamides is 1. The Morgan fingerprint density at radius 2 is 1.89 bits per heavy atom. The van der Waals surface area contributed by atoms with Crippen LogP contribution in [0.3, 0.4) is 0 Å². The summed E-state index contributed by atoms with van der Waals surface area (Å²) in [6.45, 7) is 0. The molecule has 0 saturated heterocycles. The van der Waals surface area contributed by atoms with E-state index in [4.69, 9.17) is 19.9 Å². The number of nitrogens with zero attached hydrogens (tertiary/aromatic N) is 4. The van der Waals surface area contributed by atoms with E-state index in [-0.39, 0.29) is 29.0 Å². The molecule has 146 valence electrons. The van der Waals surface area contributed by atoms with Crippen LogP contribution >= 0.6 is 15.9 Å². The Balaban J connectivity index is 2.31. The first-order chi connectivity index (χ1) is 13.3. The molecule has 2 N–H and O–H groups in total. The number of aromatic nitrogens is 3. The fraction of sp³-hybridized carbons (Fsp3) is 0.235. The Morgan fingerprint density at radius 3 is 2.43 bits per heavy atom. The van der Waals surface area contributed by atoms with Gasteiger partial charge in [0.2, 0.25) is 27.7 Å². The van der Waals surface area contributed by atoms with Gasteiger partial charge >= 0.3 is 0 Å². The predicted molar refractivity (Wildman–Crippen MR) is 105 cm³/mol. The van der Waals surface area contributed by atoms with Crippen molar-refractivity contribution in [3.8, 4) is 23.8 Å². The number of ether oxygens (including phenoxy) is 2. The number of fused-ring (bicyclic) bond motifs is 1. The van der Waals surface area contributed by atoms with Crippen LogP contribution in [0.25, 0.3) is 16.9 Å². The summed E-state index contributed by atoms with van der Waals surface area (Å²) in [5, 5.41) is 14.7. The fourth-order valence-electron chi connectivity index (χ4n) is 2.83. The van der Waals surface area contributed by atoms with Crippen molar-refractivity contribution in [3.05, 3.63) is 34.4 Å². The maximum Gasteiger partial charge on any atom is 0.240 e. The van der Waals surface area contributed by atoms with E-state index in [2.05, 4.69) is 32.0 Å². The molecule has 0 unspecified atom stereocenters. The lowest BCUT2D eigenvalue weighted by atomic mass is 10.2. The highest BCUT2D eigenvalue weighted by Crippen LogP contribution is 2.32. The van der Waals surface area contributed by atoms with Gasteiger partial charge in [-0.2, -0.15) is 15.2 Å². The van der Waals surface area contributed by atoms with Gasteiger partial charge in [0.05, 0.1) is 31.4 Å². The molecule has 0 bridgehead atoms. The number of hydrogen-bond donors (Lipinski definition) is 1. The number of methoxy groups -OCH3 is 2. The van der Waals surface area contributed by atoms with Gasteiger partial charge in [0.1, 0.15) is 4.90 Å². The Kier molecular flexibility index (Phi) is 5.55. The van der Waals surface area contributed by atoms with Crippen molar-refractivity contribution in [1.82, 2.24) is 14.5 Å². The third-order valence-electron chi connectivity index (χ3n) is 4.05. The Hall–Kier alpha value is -2.68. The topological polar surface area (TPSA) is 133 Å². The van der Waals surface area contributed by atoms with E-state index in [0.29, 0.717) is 22.9 Å². The van der Waals surface area contributed by atoms with Crippen molar-refractivity contribution in [2.45, 2.75) is 17.7 Å². The van der Waals surface area contributed by atoms with Crippen LogP contribution in [0.2, 0.25) is 0 Å². The summed E-state index contributed by atoms with van der Waals surface area (Å²) in [6, 6.07) is 7.15. The second-order valence-corrected chi connectivity index (χ2v) is 8.19. The molecule has 0 amide bonds. The molecular weight excluding hydrogens is 450 g/mol. The molecule has 2 heterocycles. The average molecular weight is 466 g/mol. The minimum atomic E-state index is -3.97. The van der Waals surface area contributed by atoms with Crippen molar-refractivity contribution in [2.24, 2.45) is 5.14 Å². The zero-order valence-electron chi connectivity index (χ0n) is 15.0. The molecule has 0 spiro atoms. The smallest absolute Gasteiger partial charge is 0.240 e. The van der Waals surface area contributed by atoms with Crippen LogP contribution in [-0.4, -0.2) is 37.2 Å². The summed E-state index contributed by atoms with van der Waals surface area (Å²) in [5.74, 6) is 0.629. The molecule has 3 aromatic rings. The molecule has 0 aliphatic heterocycles. The highest BCUT2D eigenvalue weighted by atomic mass is 79.9. The van der Waals surface area contributed by atoms with Gasteiger partial charge < -0.3 is 9.47 Å². The van der Waals surface area contributed by atoms with Crippen LogP contribution in [0.1, 0.15) is 12.0 Å². The second kappa shape index (κ2) is 7.75. The van der Waals surface area contributed by atoms with E-state index in [1.807, 2.05) is 0 Å². The van der Waals surface area contributed by atoms with E-state index in [1.165, 1.54) is 25.0 Å². The number of halogens is 1. The lowest BCUT2D eigenvalue weighted by Gasteiger charge is -2.13. The highest BCUT2D eigenvalue weighted by molar-refractivity contribution is 9.10. The Labute approximate surface area is 169 Å².